The van der Waals surface area contributed by atoms with Gasteiger partial charge in [-0.3, -0.25) is 0 Å². The third-order valence-corrected chi connectivity index (χ3v) is 8.83. The van der Waals surface area contributed by atoms with Crippen LogP contribution in [0.15, 0.2) is 30.3 Å². The van der Waals surface area contributed by atoms with E-state index in [2.05, 4.69) is 6.92 Å². The summed E-state index contributed by atoms with van der Waals surface area (Å²) in [6.07, 6.45) is 7.77. The maximum absolute atomic E-state index is 15.2. The molecule has 1 aliphatic heterocycles. The molecule has 0 aromatic heterocycles. The lowest BCUT2D eigenvalue weighted by molar-refractivity contribution is 0.0130. The first kappa shape index (κ1) is 26.7. The van der Waals surface area contributed by atoms with Gasteiger partial charge in [0.25, 0.3) is 0 Å². The molecule has 0 spiro atoms. The van der Waals surface area contributed by atoms with Gasteiger partial charge in [-0.05, 0) is 98.3 Å². The predicted octanol–water partition coefficient (Wildman–Crippen LogP) is 7.85. The minimum Gasteiger partial charge on any atom is -0.393 e. The number of benzene rings is 2. The molecule has 0 radical (unpaired) electrons. The average Bonchev–Trinajstić information content (AvgIpc) is 3.75. The Morgan fingerprint density at radius 3 is 1.97 bits per heavy atom. The Balaban J connectivity index is 1.13. The number of epoxide rings is 1. The van der Waals surface area contributed by atoms with Gasteiger partial charge in [0, 0.05) is 5.56 Å². The van der Waals surface area contributed by atoms with Crippen molar-refractivity contribution in [3.63, 3.8) is 0 Å². The van der Waals surface area contributed by atoms with Gasteiger partial charge in [-0.15, -0.1) is 0 Å². The van der Waals surface area contributed by atoms with Gasteiger partial charge in [0.1, 0.15) is 11.9 Å². The Hall–Kier alpha value is -1.89. The monoisotopic (exact) mass is 516 g/mol. The van der Waals surface area contributed by atoms with E-state index in [4.69, 9.17) is 9.47 Å². The van der Waals surface area contributed by atoms with E-state index >= 15 is 8.78 Å². The van der Waals surface area contributed by atoms with E-state index in [-0.39, 0.29) is 41.9 Å². The smallest absolute Gasteiger partial charge is 0.162 e. The second-order valence-electron chi connectivity index (χ2n) is 11.3. The van der Waals surface area contributed by atoms with Crippen molar-refractivity contribution in [2.75, 3.05) is 6.61 Å². The highest BCUT2D eigenvalue weighted by Crippen LogP contribution is 2.42. The number of rotatable bonds is 9. The molecule has 2 aliphatic carbocycles. The number of hydrogen-bond acceptors (Lipinski definition) is 3. The highest BCUT2D eigenvalue weighted by molar-refractivity contribution is 5.32. The number of aliphatic hydroxyl groups excluding tert-OH is 1. The Morgan fingerprint density at radius 1 is 0.865 bits per heavy atom. The maximum atomic E-state index is 15.2. The van der Waals surface area contributed by atoms with E-state index in [0.717, 1.165) is 69.8 Å². The van der Waals surface area contributed by atoms with Crippen LogP contribution in [-0.2, 0) is 16.1 Å². The standard InChI is InChI=1S/C31H39F3O3/c1-2-3-28(35)22-7-5-20(6-8-22)24-14-15-25(31(34)30(24)33)21-9-11-23(12-10-21)36-17-19-4-13-26(27(32)16-19)29-18-37-29/h4,13-16,20-23,28-29,35H,2-3,5-12,17-18H2,1H3. The second kappa shape index (κ2) is 11.9. The molecular formula is C31H39F3O3. The van der Waals surface area contributed by atoms with Crippen molar-refractivity contribution >= 4 is 0 Å². The fourth-order valence-corrected chi connectivity index (χ4v) is 6.46. The third kappa shape index (κ3) is 6.23. The lowest BCUT2D eigenvalue weighted by atomic mass is 9.75. The topological polar surface area (TPSA) is 42.0 Å². The van der Waals surface area contributed by atoms with E-state index in [0.29, 0.717) is 29.9 Å². The molecule has 5 rings (SSSR count). The Morgan fingerprint density at radius 2 is 1.43 bits per heavy atom. The van der Waals surface area contributed by atoms with Crippen molar-refractivity contribution in [3.05, 3.63) is 70.0 Å². The molecule has 202 valence electrons. The molecule has 37 heavy (non-hydrogen) atoms. The summed E-state index contributed by atoms with van der Waals surface area (Å²) < 4.78 is 55.8. The van der Waals surface area contributed by atoms with Gasteiger partial charge in [0.05, 0.1) is 25.4 Å². The van der Waals surface area contributed by atoms with Gasteiger partial charge in [-0.1, -0.05) is 37.6 Å². The van der Waals surface area contributed by atoms with Crippen LogP contribution < -0.4 is 0 Å². The number of aliphatic hydroxyl groups is 1. The van der Waals surface area contributed by atoms with Gasteiger partial charge >= 0.3 is 0 Å². The molecule has 0 bridgehead atoms. The first-order valence-electron chi connectivity index (χ1n) is 14.1. The van der Waals surface area contributed by atoms with Crippen LogP contribution in [0.3, 0.4) is 0 Å². The summed E-state index contributed by atoms with van der Waals surface area (Å²) >= 11 is 0. The lowest BCUT2D eigenvalue weighted by Gasteiger charge is -2.32. The number of ether oxygens (including phenoxy) is 2. The fraction of sp³-hybridized carbons (Fsp3) is 0.613. The molecule has 3 fully saturated rings. The van der Waals surface area contributed by atoms with Crippen molar-refractivity contribution < 1.29 is 27.8 Å². The van der Waals surface area contributed by atoms with Crippen molar-refractivity contribution in [3.8, 4) is 0 Å². The molecule has 3 nitrogen and oxygen atoms in total. The summed E-state index contributed by atoms with van der Waals surface area (Å²) in [7, 11) is 0. The molecule has 2 aromatic carbocycles. The maximum Gasteiger partial charge on any atom is 0.162 e. The minimum absolute atomic E-state index is 0.0152. The molecule has 1 N–H and O–H groups in total. The van der Waals surface area contributed by atoms with Crippen molar-refractivity contribution in [1.82, 2.24) is 0 Å². The fourth-order valence-electron chi connectivity index (χ4n) is 6.46. The molecule has 2 atom stereocenters. The zero-order chi connectivity index (χ0) is 25.9. The average molecular weight is 517 g/mol. The SMILES string of the molecule is CCCC(O)C1CCC(c2ccc(C3CCC(OCc4ccc(C5CO5)c(F)c4)CC3)c(F)c2F)CC1. The Bertz CT molecular complexity index is 1050. The molecule has 6 heteroatoms. The summed E-state index contributed by atoms with van der Waals surface area (Å²) in [4.78, 5) is 0. The summed E-state index contributed by atoms with van der Waals surface area (Å²) in [5, 5.41) is 10.3. The van der Waals surface area contributed by atoms with Crippen LogP contribution in [0.2, 0.25) is 0 Å². The van der Waals surface area contributed by atoms with Crippen LogP contribution in [0, 0.1) is 23.4 Å². The predicted molar refractivity (Wildman–Crippen MR) is 137 cm³/mol. The van der Waals surface area contributed by atoms with Gasteiger partial charge in [-0.25, -0.2) is 13.2 Å². The van der Waals surface area contributed by atoms with E-state index < -0.39 is 11.6 Å². The van der Waals surface area contributed by atoms with Crippen LogP contribution in [0.4, 0.5) is 13.2 Å². The van der Waals surface area contributed by atoms with Crippen molar-refractivity contribution in [1.29, 1.82) is 0 Å². The first-order chi connectivity index (χ1) is 17.9. The quantitative estimate of drug-likeness (QED) is 0.345. The van der Waals surface area contributed by atoms with Crippen LogP contribution in [0.1, 0.15) is 111 Å². The van der Waals surface area contributed by atoms with Gasteiger partial charge < -0.3 is 14.6 Å². The third-order valence-electron chi connectivity index (χ3n) is 8.83. The number of hydrogen-bond donors (Lipinski definition) is 1. The molecule has 2 saturated carbocycles. The molecular weight excluding hydrogens is 477 g/mol. The van der Waals surface area contributed by atoms with Crippen LogP contribution in [0.25, 0.3) is 0 Å². The lowest BCUT2D eigenvalue weighted by Crippen LogP contribution is -2.25. The minimum atomic E-state index is -0.690. The second-order valence-corrected chi connectivity index (χ2v) is 11.3. The molecule has 0 amide bonds. The molecule has 2 aromatic rings. The Kier molecular flexibility index (Phi) is 8.57. The largest absolute Gasteiger partial charge is 0.393 e. The summed E-state index contributed by atoms with van der Waals surface area (Å²) in [5.41, 5.74) is 2.37. The van der Waals surface area contributed by atoms with Crippen molar-refractivity contribution in [2.24, 2.45) is 5.92 Å². The van der Waals surface area contributed by atoms with E-state index in [1.165, 1.54) is 6.07 Å². The summed E-state index contributed by atoms with van der Waals surface area (Å²) in [5.74, 6) is -1.35. The van der Waals surface area contributed by atoms with Crippen LogP contribution in [0.5, 0.6) is 0 Å². The molecule has 1 heterocycles. The zero-order valence-corrected chi connectivity index (χ0v) is 21.7. The van der Waals surface area contributed by atoms with Crippen LogP contribution in [-0.4, -0.2) is 23.9 Å². The highest BCUT2D eigenvalue weighted by Gasteiger charge is 2.32. The van der Waals surface area contributed by atoms with E-state index in [1.54, 1.807) is 18.2 Å². The normalized spacial score (nSPS) is 28.7. The molecule has 3 aliphatic rings. The van der Waals surface area contributed by atoms with Crippen LogP contribution >= 0.6 is 0 Å². The zero-order valence-electron chi connectivity index (χ0n) is 21.7. The molecule has 1 saturated heterocycles. The Labute approximate surface area is 218 Å². The summed E-state index contributed by atoms with van der Waals surface area (Å²) in [6.45, 7) is 2.99. The van der Waals surface area contributed by atoms with Gasteiger partial charge in [-0.2, -0.15) is 0 Å². The highest BCUT2D eigenvalue weighted by atomic mass is 19.2. The first-order valence-corrected chi connectivity index (χ1v) is 14.1. The molecule has 2 unspecified atom stereocenters. The number of halogens is 3. The van der Waals surface area contributed by atoms with E-state index in [9.17, 15) is 9.50 Å². The summed E-state index contributed by atoms with van der Waals surface area (Å²) in [6, 6.07) is 8.76. The van der Waals surface area contributed by atoms with Gasteiger partial charge in [0.15, 0.2) is 11.6 Å². The van der Waals surface area contributed by atoms with Crippen molar-refractivity contribution in [2.45, 2.75) is 108 Å². The van der Waals surface area contributed by atoms with Gasteiger partial charge in [0.2, 0.25) is 0 Å². The van der Waals surface area contributed by atoms with E-state index in [1.807, 2.05) is 6.07 Å².